The Morgan fingerprint density at radius 2 is 1.62 bits per heavy atom. The van der Waals surface area contributed by atoms with E-state index in [1.165, 1.54) is 18.7 Å². The summed E-state index contributed by atoms with van der Waals surface area (Å²) in [4.78, 5) is 25.3. The molecule has 4 nitrogen and oxygen atoms in total. The predicted octanol–water partition coefficient (Wildman–Crippen LogP) is 6.42. The number of thioether (sulfide) groups is 1. The fourth-order valence-electron chi connectivity index (χ4n) is 2.69. The van der Waals surface area contributed by atoms with E-state index in [1.807, 2.05) is 48.5 Å². The van der Waals surface area contributed by atoms with Gasteiger partial charge in [0.2, 0.25) is 11.8 Å². The molecule has 1 atom stereocenters. The smallest absolute Gasteiger partial charge is 0.242 e. The summed E-state index contributed by atoms with van der Waals surface area (Å²) >= 11 is 13.7. The molecule has 3 aromatic rings. The molecule has 7 heteroatoms. The summed E-state index contributed by atoms with van der Waals surface area (Å²) in [6.07, 6.45) is 0. The van der Waals surface area contributed by atoms with E-state index in [0.717, 1.165) is 10.5 Å². The molecule has 29 heavy (non-hydrogen) atoms. The molecule has 0 aliphatic rings. The highest BCUT2D eigenvalue weighted by Crippen LogP contribution is 2.38. The topological polar surface area (TPSA) is 58.2 Å². The van der Waals surface area contributed by atoms with Crippen LogP contribution in [0, 0.1) is 0 Å². The van der Waals surface area contributed by atoms with Gasteiger partial charge in [0.25, 0.3) is 0 Å². The minimum absolute atomic E-state index is 0.153. The average Bonchev–Trinajstić information content (AvgIpc) is 2.70. The SMILES string of the molecule is CC(=O)Nc1cccc(SC(C(=O)Nc2cccc(Cl)c2Cl)c2ccccc2)c1. The molecule has 2 N–H and O–H groups in total. The zero-order chi connectivity index (χ0) is 20.8. The zero-order valence-electron chi connectivity index (χ0n) is 15.5. The molecule has 0 aliphatic carbocycles. The molecule has 0 aromatic heterocycles. The summed E-state index contributed by atoms with van der Waals surface area (Å²) in [5.74, 6) is -0.379. The lowest BCUT2D eigenvalue weighted by Gasteiger charge is -2.18. The Morgan fingerprint density at radius 3 is 2.34 bits per heavy atom. The summed E-state index contributed by atoms with van der Waals surface area (Å²) in [5, 5.41) is 5.77. The van der Waals surface area contributed by atoms with Gasteiger partial charge in [-0.05, 0) is 35.9 Å². The Balaban J connectivity index is 1.88. The molecule has 148 valence electrons. The normalized spacial score (nSPS) is 11.6. The van der Waals surface area contributed by atoms with E-state index in [9.17, 15) is 9.59 Å². The van der Waals surface area contributed by atoms with Crippen LogP contribution in [0.3, 0.4) is 0 Å². The fourth-order valence-corrected chi connectivity index (χ4v) is 4.12. The van der Waals surface area contributed by atoms with E-state index < -0.39 is 5.25 Å². The van der Waals surface area contributed by atoms with Gasteiger partial charge < -0.3 is 10.6 Å². The number of hydrogen-bond acceptors (Lipinski definition) is 3. The second-order valence-electron chi connectivity index (χ2n) is 6.21. The number of nitrogens with one attached hydrogen (secondary N) is 2. The molecule has 0 saturated heterocycles. The van der Waals surface area contributed by atoms with Gasteiger partial charge in [-0.3, -0.25) is 9.59 Å². The van der Waals surface area contributed by atoms with Crippen LogP contribution in [0.1, 0.15) is 17.7 Å². The molecule has 2 amide bonds. The van der Waals surface area contributed by atoms with Crippen LogP contribution in [0.2, 0.25) is 10.0 Å². The van der Waals surface area contributed by atoms with Gasteiger partial charge in [-0.1, -0.05) is 65.7 Å². The lowest BCUT2D eigenvalue weighted by atomic mass is 10.1. The fraction of sp³-hybridized carbons (Fsp3) is 0.0909. The number of amides is 2. The Kier molecular flexibility index (Phi) is 7.20. The Morgan fingerprint density at radius 1 is 0.897 bits per heavy atom. The van der Waals surface area contributed by atoms with E-state index in [0.29, 0.717) is 21.4 Å². The van der Waals surface area contributed by atoms with Gasteiger partial charge in [-0.2, -0.15) is 0 Å². The lowest BCUT2D eigenvalue weighted by Crippen LogP contribution is -2.19. The number of anilines is 2. The van der Waals surface area contributed by atoms with Gasteiger partial charge in [0.1, 0.15) is 5.25 Å². The third-order valence-corrected chi connectivity index (χ3v) is 6.03. The highest BCUT2D eigenvalue weighted by atomic mass is 35.5. The van der Waals surface area contributed by atoms with Crippen molar-refractivity contribution >= 4 is 58.2 Å². The number of hydrogen-bond donors (Lipinski definition) is 2. The second kappa shape index (κ2) is 9.83. The maximum Gasteiger partial charge on any atom is 0.242 e. The van der Waals surface area contributed by atoms with Gasteiger partial charge in [-0.15, -0.1) is 11.8 Å². The molecule has 0 saturated carbocycles. The van der Waals surface area contributed by atoms with Crippen LogP contribution in [-0.4, -0.2) is 11.8 Å². The molecule has 0 spiro atoms. The van der Waals surface area contributed by atoms with E-state index >= 15 is 0 Å². The summed E-state index contributed by atoms with van der Waals surface area (Å²) in [5.41, 5.74) is 1.98. The molecule has 0 fully saturated rings. The Hall–Kier alpha value is -2.47. The number of carbonyl (C=O) groups excluding carboxylic acids is 2. The number of benzene rings is 3. The van der Waals surface area contributed by atoms with Crippen LogP contribution < -0.4 is 10.6 Å². The molecule has 3 rings (SSSR count). The van der Waals surface area contributed by atoms with Gasteiger partial charge in [0.15, 0.2) is 0 Å². The molecule has 0 aliphatic heterocycles. The van der Waals surface area contributed by atoms with Crippen molar-refractivity contribution in [3.63, 3.8) is 0 Å². The second-order valence-corrected chi connectivity index (χ2v) is 8.17. The first kappa shape index (κ1) is 21.2. The number of halogens is 2. The maximum atomic E-state index is 13.1. The lowest BCUT2D eigenvalue weighted by molar-refractivity contribution is -0.116. The van der Waals surface area contributed by atoms with Crippen molar-refractivity contribution in [1.29, 1.82) is 0 Å². The number of rotatable bonds is 6. The molecule has 0 radical (unpaired) electrons. The van der Waals surface area contributed by atoms with Crippen LogP contribution in [0.25, 0.3) is 0 Å². The largest absolute Gasteiger partial charge is 0.326 e. The van der Waals surface area contributed by atoms with Gasteiger partial charge in [0, 0.05) is 17.5 Å². The first-order valence-corrected chi connectivity index (χ1v) is 10.4. The molecular weight excluding hydrogens is 427 g/mol. The molecule has 3 aromatic carbocycles. The van der Waals surface area contributed by atoms with Crippen LogP contribution in [-0.2, 0) is 9.59 Å². The predicted molar refractivity (Wildman–Crippen MR) is 121 cm³/mol. The van der Waals surface area contributed by atoms with E-state index in [-0.39, 0.29) is 11.8 Å². The third kappa shape index (κ3) is 5.76. The van der Waals surface area contributed by atoms with Crippen LogP contribution >= 0.6 is 35.0 Å². The van der Waals surface area contributed by atoms with Crippen molar-refractivity contribution in [2.24, 2.45) is 0 Å². The van der Waals surface area contributed by atoms with Gasteiger partial charge >= 0.3 is 0 Å². The summed E-state index contributed by atoms with van der Waals surface area (Å²) in [7, 11) is 0. The standard InChI is InChI=1S/C22H18Cl2N2O2S/c1-14(27)25-16-9-5-10-17(13-16)29-21(15-7-3-2-4-8-15)22(28)26-19-12-6-11-18(23)20(19)24/h2-13,21H,1H3,(H,25,27)(H,26,28). The molecular formula is C22H18Cl2N2O2S. The summed E-state index contributed by atoms with van der Waals surface area (Å²) < 4.78 is 0. The van der Waals surface area contributed by atoms with Crippen molar-refractivity contribution in [3.8, 4) is 0 Å². The minimum Gasteiger partial charge on any atom is -0.326 e. The third-order valence-electron chi connectivity index (χ3n) is 3.96. The van der Waals surface area contributed by atoms with Crippen molar-refractivity contribution in [2.75, 3.05) is 10.6 Å². The van der Waals surface area contributed by atoms with Crippen LogP contribution in [0.4, 0.5) is 11.4 Å². The van der Waals surface area contributed by atoms with Crippen molar-refractivity contribution in [3.05, 3.63) is 88.4 Å². The van der Waals surface area contributed by atoms with Crippen LogP contribution in [0.5, 0.6) is 0 Å². The van der Waals surface area contributed by atoms with Crippen molar-refractivity contribution < 1.29 is 9.59 Å². The zero-order valence-corrected chi connectivity index (χ0v) is 17.8. The van der Waals surface area contributed by atoms with Gasteiger partial charge in [0.05, 0.1) is 15.7 Å². The molecule has 1 unspecified atom stereocenters. The van der Waals surface area contributed by atoms with Crippen molar-refractivity contribution in [1.82, 2.24) is 0 Å². The van der Waals surface area contributed by atoms with Gasteiger partial charge in [-0.25, -0.2) is 0 Å². The highest BCUT2D eigenvalue weighted by Gasteiger charge is 2.23. The summed E-state index contributed by atoms with van der Waals surface area (Å²) in [6.45, 7) is 1.45. The first-order chi connectivity index (χ1) is 13.9. The van der Waals surface area contributed by atoms with Crippen molar-refractivity contribution in [2.45, 2.75) is 17.1 Å². The summed E-state index contributed by atoms with van der Waals surface area (Å²) in [6, 6.07) is 21.9. The molecule has 0 heterocycles. The number of carbonyl (C=O) groups is 2. The Bertz CT molecular complexity index is 1030. The van der Waals surface area contributed by atoms with E-state index in [1.54, 1.807) is 24.3 Å². The Labute approximate surface area is 183 Å². The molecule has 0 bridgehead atoms. The van der Waals surface area contributed by atoms with Crippen LogP contribution in [0.15, 0.2) is 77.7 Å². The minimum atomic E-state index is -0.529. The first-order valence-electron chi connectivity index (χ1n) is 8.78. The monoisotopic (exact) mass is 444 g/mol. The highest BCUT2D eigenvalue weighted by molar-refractivity contribution is 8.00. The average molecular weight is 445 g/mol. The maximum absolute atomic E-state index is 13.1. The van der Waals surface area contributed by atoms with E-state index in [2.05, 4.69) is 10.6 Å². The van der Waals surface area contributed by atoms with E-state index in [4.69, 9.17) is 23.2 Å². The quantitative estimate of drug-likeness (QED) is 0.430.